The van der Waals surface area contributed by atoms with Crippen LogP contribution in [0, 0.1) is 13.8 Å². The number of sulfonamides is 1. The number of nitrogens with zero attached hydrogens (tertiary/aromatic N) is 2. The number of methoxy groups -OCH3 is 1. The molecule has 1 amide bonds. The van der Waals surface area contributed by atoms with Crippen molar-refractivity contribution in [2.75, 3.05) is 7.11 Å². The minimum Gasteiger partial charge on any atom is -0.481 e. The van der Waals surface area contributed by atoms with Gasteiger partial charge in [-0.1, -0.05) is 11.2 Å². The first-order chi connectivity index (χ1) is 11.8. The van der Waals surface area contributed by atoms with Crippen LogP contribution in [0.5, 0.6) is 5.88 Å². The molecule has 0 fully saturated rings. The molecule has 2 rings (SSSR count). The molecular formula is C15H20N4O5S. The number of carbonyl (C=O) groups is 1. The molecule has 0 bridgehead atoms. The highest BCUT2D eigenvalue weighted by Crippen LogP contribution is 2.19. The van der Waals surface area contributed by atoms with Gasteiger partial charge in [-0.15, -0.1) is 0 Å². The molecule has 2 N–H and O–H groups in total. The number of pyridine rings is 1. The zero-order valence-corrected chi connectivity index (χ0v) is 15.2. The molecule has 25 heavy (non-hydrogen) atoms. The molecule has 0 aliphatic carbocycles. The molecule has 2 aromatic rings. The number of hydrogen-bond acceptors (Lipinski definition) is 7. The summed E-state index contributed by atoms with van der Waals surface area (Å²) in [5, 5.41) is 6.26. The summed E-state index contributed by atoms with van der Waals surface area (Å²) >= 11 is 0. The van der Waals surface area contributed by atoms with Gasteiger partial charge in [0.15, 0.2) is 5.76 Å². The summed E-state index contributed by atoms with van der Waals surface area (Å²) in [4.78, 5) is 16.2. The number of carbonyl (C=O) groups excluding carboxylic acids is 1. The maximum Gasteiger partial charge on any atom is 0.246 e. The fourth-order valence-corrected chi connectivity index (χ4v) is 3.81. The number of rotatable bonds is 7. The Labute approximate surface area is 145 Å². The largest absolute Gasteiger partial charge is 0.481 e. The Morgan fingerprint density at radius 1 is 1.40 bits per heavy atom. The molecule has 0 aliphatic rings. The van der Waals surface area contributed by atoms with Gasteiger partial charge in [-0.25, -0.2) is 13.4 Å². The van der Waals surface area contributed by atoms with Crippen LogP contribution >= 0.6 is 0 Å². The van der Waals surface area contributed by atoms with Gasteiger partial charge < -0.3 is 14.6 Å². The van der Waals surface area contributed by atoms with E-state index >= 15 is 0 Å². The maximum absolute atomic E-state index is 12.4. The average molecular weight is 368 g/mol. The highest BCUT2D eigenvalue weighted by atomic mass is 32.2. The summed E-state index contributed by atoms with van der Waals surface area (Å²) in [5.74, 6) is 0.0747. The lowest BCUT2D eigenvalue weighted by Gasteiger charge is -2.15. The molecule has 0 aliphatic heterocycles. The van der Waals surface area contributed by atoms with Gasteiger partial charge in [-0.3, -0.25) is 4.79 Å². The van der Waals surface area contributed by atoms with Gasteiger partial charge in [0.2, 0.25) is 21.8 Å². The van der Waals surface area contributed by atoms with Crippen molar-refractivity contribution < 1.29 is 22.5 Å². The van der Waals surface area contributed by atoms with Gasteiger partial charge in [0, 0.05) is 18.3 Å². The zero-order chi connectivity index (χ0) is 18.6. The van der Waals surface area contributed by atoms with E-state index in [1.54, 1.807) is 18.3 Å². The lowest BCUT2D eigenvalue weighted by molar-refractivity contribution is -0.122. The third-order valence-corrected chi connectivity index (χ3v) is 5.24. The van der Waals surface area contributed by atoms with Gasteiger partial charge in [0.25, 0.3) is 0 Å². The highest BCUT2D eigenvalue weighted by Gasteiger charge is 2.28. The van der Waals surface area contributed by atoms with E-state index in [1.165, 1.54) is 27.9 Å². The fraction of sp³-hybridized carbons (Fsp3) is 0.400. The predicted octanol–water partition coefficient (Wildman–Crippen LogP) is 0.678. The quantitative estimate of drug-likeness (QED) is 0.736. The molecular weight excluding hydrogens is 348 g/mol. The van der Waals surface area contributed by atoms with Crippen molar-refractivity contribution in [3.63, 3.8) is 0 Å². The molecule has 10 heteroatoms. The number of aryl methyl sites for hydroxylation is 2. The molecule has 1 atom stereocenters. The van der Waals surface area contributed by atoms with Crippen LogP contribution in [0.3, 0.4) is 0 Å². The van der Waals surface area contributed by atoms with Crippen molar-refractivity contribution in [2.24, 2.45) is 0 Å². The van der Waals surface area contributed by atoms with E-state index in [9.17, 15) is 13.2 Å². The Bertz CT molecular complexity index is 843. The van der Waals surface area contributed by atoms with Crippen molar-refractivity contribution in [2.45, 2.75) is 38.3 Å². The molecule has 0 unspecified atom stereocenters. The standard InChI is InChI=1S/C15H20N4O5S/c1-9-13(11(3)24-18-9)25(21,22)19-10(2)14(20)17-8-12-6-5-7-16-15(12)23-4/h5-7,10,19H,8H2,1-4H3,(H,17,20)/t10-/m0/s1. The lowest BCUT2D eigenvalue weighted by Crippen LogP contribution is -2.44. The summed E-state index contributed by atoms with van der Waals surface area (Å²) in [6, 6.07) is 2.49. The first-order valence-electron chi connectivity index (χ1n) is 7.47. The highest BCUT2D eigenvalue weighted by molar-refractivity contribution is 7.89. The van der Waals surface area contributed by atoms with Gasteiger partial charge in [-0.2, -0.15) is 4.72 Å². The molecule has 0 aromatic carbocycles. The van der Waals surface area contributed by atoms with Crippen LogP contribution in [-0.2, 0) is 21.4 Å². The van der Waals surface area contributed by atoms with Crippen molar-refractivity contribution in [1.29, 1.82) is 0 Å². The molecule has 0 radical (unpaired) electrons. The molecule has 9 nitrogen and oxygen atoms in total. The van der Waals surface area contributed by atoms with Crippen LogP contribution in [0.15, 0.2) is 27.7 Å². The Hall–Kier alpha value is -2.46. The van der Waals surface area contributed by atoms with Crippen molar-refractivity contribution in [1.82, 2.24) is 20.2 Å². The molecule has 0 spiro atoms. The number of aromatic nitrogens is 2. The fourth-order valence-electron chi connectivity index (χ4n) is 2.28. The summed E-state index contributed by atoms with van der Waals surface area (Å²) in [6.07, 6.45) is 1.57. The van der Waals surface area contributed by atoms with Crippen molar-refractivity contribution in [3.05, 3.63) is 35.3 Å². The first kappa shape index (κ1) is 18.9. The van der Waals surface area contributed by atoms with Gasteiger partial charge in [-0.05, 0) is 26.8 Å². The molecule has 136 valence electrons. The smallest absolute Gasteiger partial charge is 0.246 e. The monoisotopic (exact) mass is 368 g/mol. The van der Waals surface area contributed by atoms with Crippen LogP contribution in [0.4, 0.5) is 0 Å². The third-order valence-electron chi connectivity index (χ3n) is 3.46. The Kier molecular flexibility index (Phi) is 5.75. The molecule has 0 saturated heterocycles. The van der Waals surface area contributed by atoms with E-state index in [4.69, 9.17) is 9.26 Å². The first-order valence-corrected chi connectivity index (χ1v) is 8.95. The molecule has 2 aromatic heterocycles. The number of amides is 1. The van der Waals surface area contributed by atoms with Crippen LogP contribution < -0.4 is 14.8 Å². The van der Waals surface area contributed by atoms with Gasteiger partial charge in [0.05, 0.1) is 13.2 Å². The summed E-state index contributed by atoms with van der Waals surface area (Å²) in [5.41, 5.74) is 0.914. The summed E-state index contributed by atoms with van der Waals surface area (Å²) in [6.45, 7) is 4.62. The van der Waals surface area contributed by atoms with Gasteiger partial charge in [0.1, 0.15) is 10.6 Å². The minimum absolute atomic E-state index is 0.0546. The lowest BCUT2D eigenvalue weighted by atomic mass is 10.2. The van der Waals surface area contributed by atoms with E-state index in [1.807, 2.05) is 0 Å². The Morgan fingerprint density at radius 2 is 2.12 bits per heavy atom. The Balaban J connectivity index is 2.03. The van der Waals surface area contributed by atoms with E-state index in [0.717, 1.165) is 0 Å². The minimum atomic E-state index is -3.92. The van der Waals surface area contributed by atoms with Crippen LogP contribution in [0.2, 0.25) is 0 Å². The predicted molar refractivity (Wildman–Crippen MR) is 88.4 cm³/mol. The van der Waals surface area contributed by atoms with Crippen molar-refractivity contribution in [3.8, 4) is 5.88 Å². The molecule has 2 heterocycles. The van der Waals surface area contributed by atoms with E-state index in [2.05, 4.69) is 20.2 Å². The second-order valence-electron chi connectivity index (χ2n) is 5.39. The molecule has 0 saturated carbocycles. The summed E-state index contributed by atoms with van der Waals surface area (Å²) < 4.78 is 37.1. The van der Waals surface area contributed by atoms with Crippen LogP contribution in [0.1, 0.15) is 23.9 Å². The average Bonchev–Trinajstić information content (AvgIpc) is 2.91. The van der Waals surface area contributed by atoms with Crippen LogP contribution in [0.25, 0.3) is 0 Å². The second-order valence-corrected chi connectivity index (χ2v) is 7.04. The normalized spacial score (nSPS) is 12.6. The zero-order valence-electron chi connectivity index (χ0n) is 14.4. The SMILES string of the molecule is COc1ncccc1CNC(=O)[C@H](C)NS(=O)(=O)c1c(C)noc1C. The van der Waals surface area contributed by atoms with Crippen molar-refractivity contribution >= 4 is 15.9 Å². The topological polar surface area (TPSA) is 123 Å². The van der Waals surface area contributed by atoms with Crippen LogP contribution in [-0.4, -0.2) is 37.6 Å². The van der Waals surface area contributed by atoms with E-state index < -0.39 is 22.0 Å². The Morgan fingerprint density at radius 3 is 2.72 bits per heavy atom. The van der Waals surface area contributed by atoms with E-state index in [0.29, 0.717) is 11.4 Å². The maximum atomic E-state index is 12.4. The number of nitrogens with one attached hydrogen (secondary N) is 2. The van der Waals surface area contributed by atoms with Gasteiger partial charge >= 0.3 is 0 Å². The van der Waals surface area contributed by atoms with E-state index in [-0.39, 0.29) is 22.9 Å². The second kappa shape index (κ2) is 7.62. The number of hydrogen-bond donors (Lipinski definition) is 2. The third kappa shape index (κ3) is 4.34. The number of ether oxygens (including phenoxy) is 1. The summed E-state index contributed by atoms with van der Waals surface area (Å²) in [7, 11) is -2.44.